The Morgan fingerprint density at radius 1 is 0.868 bits per heavy atom. The Kier molecular flexibility index (Phi) is 6.32. The fraction of sp³-hybridized carbons (Fsp3) is 0.0938. The van der Waals surface area contributed by atoms with Crippen molar-refractivity contribution in [3.8, 4) is 17.0 Å². The van der Waals surface area contributed by atoms with Crippen molar-refractivity contribution >= 4 is 43.5 Å². The van der Waals surface area contributed by atoms with E-state index in [1.54, 1.807) is 12.0 Å². The number of para-hydroxylation sites is 1. The van der Waals surface area contributed by atoms with Gasteiger partial charge in [0.1, 0.15) is 11.3 Å². The van der Waals surface area contributed by atoms with Crippen molar-refractivity contribution in [1.82, 2.24) is 9.97 Å². The molecular formula is C32H25N3O2S. The number of methoxy groups -OCH3 is 1. The minimum absolute atomic E-state index is 0.125. The zero-order valence-electron chi connectivity index (χ0n) is 21.1. The van der Waals surface area contributed by atoms with Crippen LogP contribution in [0, 0.1) is 6.92 Å². The first kappa shape index (κ1) is 23.8. The predicted molar refractivity (Wildman–Crippen MR) is 155 cm³/mol. The van der Waals surface area contributed by atoms with Crippen LogP contribution >= 0.6 is 11.3 Å². The monoisotopic (exact) mass is 515 g/mol. The van der Waals surface area contributed by atoms with Crippen LogP contribution in [-0.4, -0.2) is 23.0 Å². The number of aromatic nitrogens is 2. The van der Waals surface area contributed by atoms with E-state index in [9.17, 15) is 4.79 Å². The molecule has 0 N–H and O–H groups in total. The van der Waals surface area contributed by atoms with Crippen LogP contribution < -0.4 is 9.64 Å². The Labute approximate surface area is 225 Å². The second kappa shape index (κ2) is 10.1. The molecule has 0 fully saturated rings. The highest BCUT2D eigenvalue weighted by Crippen LogP contribution is 2.38. The van der Waals surface area contributed by atoms with Crippen LogP contribution in [0.25, 0.3) is 32.4 Å². The molecule has 0 bridgehead atoms. The van der Waals surface area contributed by atoms with E-state index in [1.807, 2.05) is 103 Å². The SMILES string of the molecule is COc1ccc(C)c2sc(N(Cc3ccccc3)C(=O)c3cc(-c4ccccc4)nc4ccccc34)nc12. The zero-order valence-corrected chi connectivity index (χ0v) is 21.9. The lowest BCUT2D eigenvalue weighted by molar-refractivity contribution is 0.0986. The third-order valence-electron chi connectivity index (χ3n) is 6.59. The van der Waals surface area contributed by atoms with Gasteiger partial charge in [0.25, 0.3) is 5.91 Å². The molecule has 0 saturated carbocycles. The number of benzene rings is 4. The lowest BCUT2D eigenvalue weighted by atomic mass is 10.0. The number of anilines is 1. The van der Waals surface area contributed by atoms with Crippen LogP contribution in [0.15, 0.2) is 103 Å². The lowest BCUT2D eigenvalue weighted by Gasteiger charge is -2.21. The standard InChI is InChI=1S/C32H25N3O2S/c1-21-17-18-28(37-2)29-30(21)38-32(34-29)35(20-22-11-5-3-6-12-22)31(36)25-19-27(23-13-7-4-8-14-23)33-26-16-10-9-15-24(25)26/h3-19H,20H2,1-2H3. The quantitative estimate of drug-likeness (QED) is 0.228. The van der Waals surface area contributed by atoms with Gasteiger partial charge in [0.05, 0.1) is 35.1 Å². The maximum atomic E-state index is 14.5. The van der Waals surface area contributed by atoms with Crippen LogP contribution in [0.5, 0.6) is 5.75 Å². The molecule has 0 atom stereocenters. The summed E-state index contributed by atoms with van der Waals surface area (Å²) in [6, 6.07) is 33.6. The topological polar surface area (TPSA) is 55.3 Å². The van der Waals surface area contributed by atoms with Gasteiger partial charge in [-0.15, -0.1) is 0 Å². The fourth-order valence-electron chi connectivity index (χ4n) is 4.63. The van der Waals surface area contributed by atoms with Gasteiger partial charge in [-0.1, -0.05) is 96.3 Å². The van der Waals surface area contributed by atoms with Gasteiger partial charge in [-0.2, -0.15) is 0 Å². The molecule has 0 aliphatic carbocycles. The fourth-order valence-corrected chi connectivity index (χ4v) is 5.67. The van der Waals surface area contributed by atoms with Gasteiger partial charge in [0.15, 0.2) is 5.13 Å². The minimum atomic E-state index is -0.125. The molecular weight excluding hydrogens is 490 g/mol. The average molecular weight is 516 g/mol. The van der Waals surface area contributed by atoms with E-state index in [2.05, 4.69) is 6.92 Å². The van der Waals surface area contributed by atoms with Crippen molar-refractivity contribution in [2.24, 2.45) is 0 Å². The Morgan fingerprint density at radius 3 is 2.34 bits per heavy atom. The first-order valence-electron chi connectivity index (χ1n) is 12.4. The number of aryl methyl sites for hydroxylation is 1. The average Bonchev–Trinajstić information content (AvgIpc) is 3.42. The summed E-state index contributed by atoms with van der Waals surface area (Å²) < 4.78 is 6.60. The molecule has 38 heavy (non-hydrogen) atoms. The summed E-state index contributed by atoms with van der Waals surface area (Å²) in [5.74, 6) is 0.571. The molecule has 2 heterocycles. The van der Waals surface area contributed by atoms with Crippen LogP contribution in [0.1, 0.15) is 21.5 Å². The van der Waals surface area contributed by atoms with E-state index >= 15 is 0 Å². The van der Waals surface area contributed by atoms with Crippen molar-refractivity contribution in [2.45, 2.75) is 13.5 Å². The van der Waals surface area contributed by atoms with Gasteiger partial charge < -0.3 is 4.74 Å². The number of fused-ring (bicyclic) bond motifs is 2. The number of nitrogens with zero attached hydrogens (tertiary/aromatic N) is 3. The lowest BCUT2D eigenvalue weighted by Crippen LogP contribution is -2.30. The molecule has 1 amide bonds. The van der Waals surface area contributed by atoms with Gasteiger partial charge in [-0.05, 0) is 36.2 Å². The zero-order chi connectivity index (χ0) is 26.1. The van der Waals surface area contributed by atoms with Crippen LogP contribution in [0.2, 0.25) is 0 Å². The van der Waals surface area contributed by atoms with Crippen molar-refractivity contribution in [1.29, 1.82) is 0 Å². The van der Waals surface area contributed by atoms with Crippen molar-refractivity contribution in [2.75, 3.05) is 12.0 Å². The number of thiazole rings is 1. The second-order valence-electron chi connectivity index (χ2n) is 9.07. The van der Waals surface area contributed by atoms with E-state index in [4.69, 9.17) is 14.7 Å². The number of hydrogen-bond donors (Lipinski definition) is 0. The van der Waals surface area contributed by atoms with Crippen molar-refractivity contribution < 1.29 is 9.53 Å². The Morgan fingerprint density at radius 2 is 1.58 bits per heavy atom. The maximum Gasteiger partial charge on any atom is 0.261 e. The van der Waals surface area contributed by atoms with Crippen LogP contribution in [0.3, 0.4) is 0 Å². The van der Waals surface area contributed by atoms with Crippen molar-refractivity contribution in [3.63, 3.8) is 0 Å². The molecule has 6 rings (SSSR count). The molecule has 4 aromatic carbocycles. The van der Waals surface area contributed by atoms with E-state index in [1.165, 1.54) is 11.3 Å². The molecule has 6 aromatic rings. The summed E-state index contributed by atoms with van der Waals surface area (Å²) in [4.78, 5) is 26.1. The summed E-state index contributed by atoms with van der Waals surface area (Å²) in [5, 5.41) is 1.44. The summed E-state index contributed by atoms with van der Waals surface area (Å²) in [7, 11) is 1.64. The van der Waals surface area contributed by atoms with E-state index in [0.29, 0.717) is 23.0 Å². The minimum Gasteiger partial charge on any atom is -0.494 e. The van der Waals surface area contributed by atoms with Gasteiger partial charge in [-0.3, -0.25) is 9.69 Å². The molecule has 0 aliphatic heterocycles. The van der Waals surface area contributed by atoms with E-state index < -0.39 is 0 Å². The van der Waals surface area contributed by atoms with Gasteiger partial charge in [0.2, 0.25) is 0 Å². The Hall–Kier alpha value is -4.55. The number of carbonyl (C=O) groups is 1. The van der Waals surface area contributed by atoms with E-state index in [0.717, 1.165) is 43.5 Å². The Balaban J connectivity index is 1.54. The number of amides is 1. The molecule has 0 unspecified atom stereocenters. The highest BCUT2D eigenvalue weighted by atomic mass is 32.1. The van der Waals surface area contributed by atoms with Gasteiger partial charge >= 0.3 is 0 Å². The number of rotatable bonds is 6. The highest BCUT2D eigenvalue weighted by Gasteiger charge is 2.25. The molecule has 0 radical (unpaired) electrons. The molecule has 0 spiro atoms. The molecule has 186 valence electrons. The summed E-state index contributed by atoms with van der Waals surface area (Å²) in [6.45, 7) is 2.44. The normalized spacial score (nSPS) is 11.1. The Bertz CT molecular complexity index is 1760. The first-order valence-corrected chi connectivity index (χ1v) is 13.2. The third-order valence-corrected chi connectivity index (χ3v) is 7.80. The summed E-state index contributed by atoms with van der Waals surface area (Å²) >= 11 is 1.51. The first-order chi connectivity index (χ1) is 18.6. The van der Waals surface area contributed by atoms with E-state index in [-0.39, 0.29) is 5.91 Å². The number of pyridine rings is 1. The third kappa shape index (κ3) is 4.40. The highest BCUT2D eigenvalue weighted by molar-refractivity contribution is 7.22. The predicted octanol–water partition coefficient (Wildman–Crippen LogP) is 7.68. The molecule has 0 aliphatic rings. The number of ether oxygens (including phenoxy) is 1. The summed E-state index contributed by atoms with van der Waals surface area (Å²) in [5.41, 5.74) is 5.97. The smallest absolute Gasteiger partial charge is 0.261 e. The van der Waals surface area contributed by atoms with Crippen molar-refractivity contribution in [3.05, 3.63) is 120 Å². The van der Waals surface area contributed by atoms with Crippen LogP contribution in [0.4, 0.5) is 5.13 Å². The maximum absolute atomic E-state index is 14.5. The molecule has 2 aromatic heterocycles. The van der Waals surface area contributed by atoms with Gasteiger partial charge in [-0.25, -0.2) is 9.97 Å². The number of hydrogen-bond acceptors (Lipinski definition) is 5. The second-order valence-corrected chi connectivity index (χ2v) is 10.1. The molecule has 0 saturated heterocycles. The number of carbonyl (C=O) groups excluding carboxylic acids is 1. The molecule has 5 nitrogen and oxygen atoms in total. The molecule has 6 heteroatoms. The largest absolute Gasteiger partial charge is 0.494 e. The van der Waals surface area contributed by atoms with Gasteiger partial charge in [0, 0.05) is 10.9 Å². The van der Waals surface area contributed by atoms with Crippen LogP contribution in [-0.2, 0) is 6.54 Å². The summed E-state index contributed by atoms with van der Waals surface area (Å²) in [6.07, 6.45) is 0.